The fourth-order valence-electron chi connectivity index (χ4n) is 4.44. The van der Waals surface area contributed by atoms with Crippen LogP contribution in [0.5, 0.6) is 0 Å². The molecule has 2 saturated heterocycles. The number of azide groups is 1. The lowest BCUT2D eigenvalue weighted by Gasteiger charge is -2.40. The van der Waals surface area contributed by atoms with Gasteiger partial charge in [0.25, 0.3) is 0 Å². The van der Waals surface area contributed by atoms with Gasteiger partial charge in [-0.05, 0) is 56.0 Å². The fourth-order valence-corrected chi connectivity index (χ4v) is 5.97. The van der Waals surface area contributed by atoms with Gasteiger partial charge in [0.05, 0.1) is 14.2 Å². The summed E-state index contributed by atoms with van der Waals surface area (Å²) in [5.74, 6) is -0.781. The van der Waals surface area contributed by atoms with Crippen LogP contribution in [0.3, 0.4) is 0 Å². The number of ether oxygens (including phenoxy) is 1. The highest BCUT2D eigenvalue weighted by atomic mass is 31.2. The van der Waals surface area contributed by atoms with Crippen molar-refractivity contribution in [2.75, 3.05) is 27.8 Å². The molecule has 1 N–H and O–H groups in total. The summed E-state index contributed by atoms with van der Waals surface area (Å²) in [4.78, 5) is 28.7. The van der Waals surface area contributed by atoms with Gasteiger partial charge in [-0.1, -0.05) is 17.2 Å². The number of hydrogen-bond donors (Lipinski definition) is 1. The Morgan fingerprint density at radius 1 is 1.34 bits per heavy atom. The second kappa shape index (κ2) is 9.39. The number of rotatable bonds is 8. The van der Waals surface area contributed by atoms with Gasteiger partial charge in [-0.2, -0.15) is 13.9 Å². The molecule has 1 aromatic rings. The van der Waals surface area contributed by atoms with Crippen LogP contribution in [0.2, 0.25) is 0 Å². The van der Waals surface area contributed by atoms with Crippen LogP contribution in [0.4, 0.5) is 0 Å². The average Bonchev–Trinajstić information content (AvgIpc) is 2.97. The maximum Gasteiger partial charge on any atom is 0.446 e. The van der Waals surface area contributed by atoms with Crippen LogP contribution in [0.15, 0.2) is 29.4 Å². The molecule has 0 spiro atoms. The van der Waals surface area contributed by atoms with E-state index in [0.29, 0.717) is 30.7 Å². The topological polar surface area (TPSA) is 117 Å². The van der Waals surface area contributed by atoms with Crippen molar-refractivity contribution in [1.82, 2.24) is 4.90 Å². The van der Waals surface area contributed by atoms with Crippen LogP contribution >= 0.6 is 7.94 Å². The first kappa shape index (κ1) is 22.0. The van der Waals surface area contributed by atoms with E-state index in [9.17, 15) is 9.69 Å². The largest absolute Gasteiger partial charge is 0.469 e. The number of methoxy groups -OCH3 is 1. The summed E-state index contributed by atoms with van der Waals surface area (Å²) in [6.45, 7) is 0.370. The minimum absolute atomic E-state index is 0.0413. The minimum Gasteiger partial charge on any atom is -0.469 e. The number of hydrogen-bond acceptors (Lipinski definition) is 7. The lowest BCUT2D eigenvalue weighted by Crippen LogP contribution is -2.53. The van der Waals surface area contributed by atoms with Crippen LogP contribution in [0, 0.1) is 5.92 Å². The van der Waals surface area contributed by atoms with E-state index in [2.05, 4.69) is 14.9 Å². The van der Waals surface area contributed by atoms with Crippen molar-refractivity contribution in [1.29, 1.82) is 0 Å². The Kier molecular flexibility index (Phi) is 7.11. The number of benzene rings is 1. The van der Waals surface area contributed by atoms with E-state index in [1.807, 2.05) is 19.2 Å². The second-order valence-corrected chi connectivity index (χ2v) is 9.60. The van der Waals surface area contributed by atoms with Gasteiger partial charge in [-0.3, -0.25) is 9.69 Å². The van der Waals surface area contributed by atoms with Crippen molar-refractivity contribution >= 4 is 19.2 Å². The molecule has 0 amide bonds. The van der Waals surface area contributed by atoms with Crippen molar-refractivity contribution in [3.05, 3.63) is 40.3 Å². The molecular formula is C19H28N4O5P+. The predicted octanol–water partition coefficient (Wildman–Crippen LogP) is 2.61. The maximum absolute atomic E-state index is 12.5. The first-order chi connectivity index (χ1) is 13.9. The van der Waals surface area contributed by atoms with E-state index >= 15 is 0 Å². The summed E-state index contributed by atoms with van der Waals surface area (Å²) >= 11 is 0. The predicted molar refractivity (Wildman–Crippen MR) is 110 cm³/mol. The third kappa shape index (κ3) is 4.56. The monoisotopic (exact) mass is 423 g/mol. The van der Waals surface area contributed by atoms with Gasteiger partial charge in [0.2, 0.25) is 0 Å². The van der Waals surface area contributed by atoms with Crippen molar-refractivity contribution in [2.24, 2.45) is 11.0 Å². The van der Waals surface area contributed by atoms with Gasteiger partial charge in [0.1, 0.15) is 12.0 Å². The van der Waals surface area contributed by atoms with Crippen LogP contribution < -0.4 is 5.30 Å². The number of carbonyl (C=O) groups excluding carboxylic acids is 1. The summed E-state index contributed by atoms with van der Waals surface area (Å²) in [6.07, 6.45) is 2.68. The molecule has 5 atom stereocenters. The zero-order valence-corrected chi connectivity index (χ0v) is 17.9. The standard InChI is InChI=1S/C19H28N4O5P/c1-23-14-6-9-16(23)18(19(24)26-2)17(12-14)28-29(25,27-3)15-7-4-13(5-8-15)10-11-21-22-20/h4-5,7-8,14,16-18,25H,6,9-12H2,1-3H3/q+1/t14?,16?,17?,18-,29?/m1/s1. The molecule has 0 aromatic heterocycles. The molecule has 3 rings (SSSR count). The maximum atomic E-state index is 12.5. The van der Waals surface area contributed by atoms with Crippen molar-refractivity contribution in [3.63, 3.8) is 0 Å². The molecule has 2 bridgehead atoms. The number of fused-ring (bicyclic) bond motifs is 2. The Hall–Kier alpha value is -1.73. The highest BCUT2D eigenvalue weighted by Crippen LogP contribution is 2.58. The molecule has 2 fully saturated rings. The van der Waals surface area contributed by atoms with Crippen LogP contribution in [0.25, 0.3) is 10.4 Å². The van der Waals surface area contributed by atoms with E-state index in [1.165, 1.54) is 14.2 Å². The van der Waals surface area contributed by atoms with Gasteiger partial charge in [0, 0.05) is 23.5 Å². The van der Waals surface area contributed by atoms with Gasteiger partial charge in [-0.25, -0.2) is 0 Å². The summed E-state index contributed by atoms with van der Waals surface area (Å²) in [6, 6.07) is 7.59. The van der Waals surface area contributed by atoms with E-state index < -0.39 is 20.0 Å². The number of nitrogens with zero attached hydrogens (tertiary/aromatic N) is 4. The molecule has 4 unspecified atom stereocenters. The molecule has 2 aliphatic rings. The Balaban J connectivity index is 1.79. The fraction of sp³-hybridized carbons (Fsp3) is 0.632. The van der Waals surface area contributed by atoms with Crippen LogP contribution in [-0.2, 0) is 25.0 Å². The lowest BCUT2D eigenvalue weighted by molar-refractivity contribution is -0.154. The van der Waals surface area contributed by atoms with Crippen molar-refractivity contribution in [2.45, 2.75) is 43.9 Å². The zero-order valence-electron chi connectivity index (χ0n) is 17.0. The van der Waals surface area contributed by atoms with Gasteiger partial charge in [0.15, 0.2) is 5.30 Å². The summed E-state index contributed by atoms with van der Waals surface area (Å²) in [5.41, 5.74) is 9.36. The Morgan fingerprint density at radius 2 is 2.07 bits per heavy atom. The Morgan fingerprint density at radius 3 is 2.69 bits per heavy atom. The summed E-state index contributed by atoms with van der Waals surface area (Å²) in [7, 11) is 1.46. The van der Waals surface area contributed by atoms with Crippen LogP contribution in [0.1, 0.15) is 24.8 Å². The number of piperidine rings is 1. The van der Waals surface area contributed by atoms with Crippen molar-refractivity contribution in [3.8, 4) is 0 Å². The van der Waals surface area contributed by atoms with Gasteiger partial charge in [-0.15, -0.1) is 0 Å². The van der Waals surface area contributed by atoms with Gasteiger partial charge >= 0.3 is 13.9 Å². The quantitative estimate of drug-likeness (QED) is 0.226. The molecule has 2 heterocycles. The highest BCUT2D eigenvalue weighted by Gasteiger charge is 2.56. The molecule has 0 radical (unpaired) electrons. The number of esters is 1. The third-order valence-electron chi connectivity index (χ3n) is 6.04. The first-order valence-corrected chi connectivity index (χ1v) is 11.3. The molecule has 0 aliphatic carbocycles. The lowest BCUT2D eigenvalue weighted by atomic mass is 9.88. The molecule has 9 nitrogen and oxygen atoms in total. The van der Waals surface area contributed by atoms with E-state index in [4.69, 9.17) is 19.3 Å². The van der Waals surface area contributed by atoms with E-state index in [-0.39, 0.29) is 12.0 Å². The second-order valence-electron chi connectivity index (χ2n) is 7.47. The van der Waals surface area contributed by atoms with E-state index in [0.717, 1.165) is 18.4 Å². The highest BCUT2D eigenvalue weighted by molar-refractivity contribution is 7.68. The molecule has 10 heteroatoms. The molecule has 2 aliphatic heterocycles. The van der Waals surface area contributed by atoms with Gasteiger partial charge < -0.3 is 4.74 Å². The first-order valence-electron chi connectivity index (χ1n) is 9.69. The molecule has 0 saturated carbocycles. The van der Waals surface area contributed by atoms with Crippen LogP contribution in [-0.4, -0.2) is 61.8 Å². The smallest absolute Gasteiger partial charge is 0.446 e. The Labute approximate surface area is 171 Å². The van der Waals surface area contributed by atoms with Crippen molar-refractivity contribution < 1.29 is 23.5 Å². The summed E-state index contributed by atoms with van der Waals surface area (Å²) < 4.78 is 16.7. The third-order valence-corrected chi connectivity index (χ3v) is 8.04. The molecule has 1 aromatic carbocycles. The molecule has 29 heavy (non-hydrogen) atoms. The zero-order chi connectivity index (χ0) is 21.0. The Bertz CT molecular complexity index is 772. The normalized spacial score (nSPS) is 28.4. The molecule has 158 valence electrons. The summed E-state index contributed by atoms with van der Waals surface area (Å²) in [5, 5.41) is 4.08. The number of carbonyl (C=O) groups is 1. The SMILES string of the molecule is COC(=O)[C@H]1C(O[P+](O)(OC)c2ccc(CCN=[N+]=[N-])cc2)CC2CCC1N2C. The minimum atomic E-state index is -3.36. The average molecular weight is 423 g/mol. The van der Waals surface area contributed by atoms with E-state index in [1.54, 1.807) is 12.1 Å². The molecular weight excluding hydrogens is 395 g/mol.